The van der Waals surface area contributed by atoms with E-state index >= 15 is 0 Å². The predicted octanol–water partition coefficient (Wildman–Crippen LogP) is 3.16. The maximum atomic E-state index is 13.1. The molecule has 1 fully saturated rings. The average Bonchev–Trinajstić information content (AvgIpc) is 2.75. The number of benzene rings is 1. The molecule has 1 amide bonds. The molecule has 0 N–H and O–H groups in total. The number of likely N-dealkylation sites (tertiary alicyclic amines) is 1. The third-order valence-corrected chi connectivity index (χ3v) is 5.85. The highest BCUT2D eigenvalue weighted by Gasteiger charge is 2.30. The highest BCUT2D eigenvalue weighted by Crippen LogP contribution is 2.30. The Balaban J connectivity index is 1.49. The van der Waals surface area contributed by atoms with Gasteiger partial charge < -0.3 is 14.5 Å². The van der Waals surface area contributed by atoms with Crippen LogP contribution in [0, 0.1) is 0 Å². The molecule has 0 radical (unpaired) electrons. The molecule has 2 aliphatic rings. The Labute approximate surface area is 172 Å². The number of ether oxygens (including phenoxy) is 1. The molecule has 1 unspecified atom stereocenters. The lowest BCUT2D eigenvalue weighted by molar-refractivity contribution is -0.134. The van der Waals surface area contributed by atoms with Crippen LogP contribution in [0.1, 0.15) is 54.9 Å². The minimum absolute atomic E-state index is 0.0103. The van der Waals surface area contributed by atoms with E-state index in [1.807, 2.05) is 42.3 Å². The summed E-state index contributed by atoms with van der Waals surface area (Å²) in [5.74, 6) is 1.81. The van der Waals surface area contributed by atoms with E-state index in [2.05, 4.69) is 16.9 Å². The second kappa shape index (κ2) is 8.91. The van der Waals surface area contributed by atoms with Gasteiger partial charge in [0.15, 0.2) is 5.82 Å². The zero-order chi connectivity index (χ0) is 20.2. The van der Waals surface area contributed by atoms with Crippen LogP contribution in [0.4, 0.5) is 0 Å². The maximum absolute atomic E-state index is 13.1. The van der Waals surface area contributed by atoms with Gasteiger partial charge in [-0.05, 0) is 50.9 Å². The fourth-order valence-electron chi connectivity index (χ4n) is 4.28. The zero-order valence-electron chi connectivity index (χ0n) is 17.4. The summed E-state index contributed by atoms with van der Waals surface area (Å²) < 4.78 is 5.49. The fraction of sp³-hybridized carbons (Fsp3) is 0.522. The molecule has 29 heavy (non-hydrogen) atoms. The minimum Gasteiger partial charge on any atom is -0.494 e. The summed E-state index contributed by atoms with van der Waals surface area (Å²) in [6.45, 7) is 5.32. The van der Waals surface area contributed by atoms with Crippen LogP contribution in [0.2, 0.25) is 0 Å². The van der Waals surface area contributed by atoms with Gasteiger partial charge in [-0.1, -0.05) is 12.1 Å². The number of aromatic nitrogens is 2. The molecule has 4 rings (SSSR count). The van der Waals surface area contributed by atoms with Gasteiger partial charge >= 0.3 is 0 Å². The van der Waals surface area contributed by atoms with Gasteiger partial charge in [0.2, 0.25) is 5.91 Å². The molecule has 154 valence electrons. The van der Waals surface area contributed by atoms with Crippen molar-refractivity contribution >= 4 is 5.91 Å². The van der Waals surface area contributed by atoms with Gasteiger partial charge in [-0.2, -0.15) is 0 Å². The predicted molar refractivity (Wildman–Crippen MR) is 112 cm³/mol. The van der Waals surface area contributed by atoms with Crippen molar-refractivity contribution in [2.24, 2.45) is 0 Å². The molecule has 0 aliphatic carbocycles. The normalized spacial score (nSPS) is 19.7. The van der Waals surface area contributed by atoms with E-state index in [9.17, 15) is 4.79 Å². The Hall–Kier alpha value is -2.47. The largest absolute Gasteiger partial charge is 0.494 e. The summed E-state index contributed by atoms with van der Waals surface area (Å²) in [6, 6.07) is 7.82. The SMILES string of the molecule is CCOc1ccc(CC(=O)N2CCCCC2c2ncc3c(n2)CCN(C)C3)cc1. The standard InChI is InChI=1S/C23H30N4O2/c1-3-29-19-9-7-17(8-10-19)14-22(28)27-12-5-4-6-21(27)23-24-15-18-16-26(2)13-11-20(18)25-23/h7-10,15,21H,3-6,11-14,16H2,1-2H3. The van der Waals surface area contributed by atoms with Crippen LogP contribution in [-0.2, 0) is 24.2 Å². The molecule has 1 atom stereocenters. The molecule has 1 aromatic heterocycles. The molecule has 3 heterocycles. The lowest BCUT2D eigenvalue weighted by atomic mass is 9.99. The summed E-state index contributed by atoms with van der Waals surface area (Å²) >= 11 is 0. The number of hydrogen-bond donors (Lipinski definition) is 0. The quantitative estimate of drug-likeness (QED) is 0.780. The number of amides is 1. The fourth-order valence-corrected chi connectivity index (χ4v) is 4.28. The van der Waals surface area contributed by atoms with Crippen molar-refractivity contribution in [3.8, 4) is 5.75 Å². The summed E-state index contributed by atoms with van der Waals surface area (Å²) in [7, 11) is 2.12. The highest BCUT2D eigenvalue weighted by atomic mass is 16.5. The van der Waals surface area contributed by atoms with E-state index < -0.39 is 0 Å². The first-order valence-electron chi connectivity index (χ1n) is 10.7. The van der Waals surface area contributed by atoms with Crippen molar-refractivity contribution in [3.63, 3.8) is 0 Å². The van der Waals surface area contributed by atoms with E-state index in [1.54, 1.807) is 0 Å². The number of nitrogens with zero attached hydrogens (tertiary/aromatic N) is 4. The first-order valence-corrected chi connectivity index (χ1v) is 10.7. The van der Waals surface area contributed by atoms with Crippen LogP contribution < -0.4 is 4.74 Å². The van der Waals surface area contributed by atoms with Crippen molar-refractivity contribution in [3.05, 3.63) is 53.1 Å². The molecule has 2 aromatic rings. The lowest BCUT2D eigenvalue weighted by Crippen LogP contribution is -2.40. The number of carbonyl (C=O) groups is 1. The van der Waals surface area contributed by atoms with Gasteiger partial charge in [-0.3, -0.25) is 4.79 Å². The van der Waals surface area contributed by atoms with Crippen LogP contribution in [0.5, 0.6) is 5.75 Å². The third kappa shape index (κ3) is 4.58. The van der Waals surface area contributed by atoms with Crippen molar-refractivity contribution in [2.75, 3.05) is 26.7 Å². The Morgan fingerprint density at radius 3 is 2.83 bits per heavy atom. The number of likely N-dealkylation sites (N-methyl/N-ethyl adjacent to an activating group) is 1. The Bertz CT molecular complexity index is 852. The van der Waals surface area contributed by atoms with Crippen molar-refractivity contribution in [1.29, 1.82) is 0 Å². The van der Waals surface area contributed by atoms with Gasteiger partial charge in [0.05, 0.1) is 19.1 Å². The van der Waals surface area contributed by atoms with Gasteiger partial charge in [-0.15, -0.1) is 0 Å². The van der Waals surface area contributed by atoms with Crippen LogP contribution in [0.25, 0.3) is 0 Å². The number of hydrogen-bond acceptors (Lipinski definition) is 5. The molecule has 6 nitrogen and oxygen atoms in total. The minimum atomic E-state index is -0.0103. The monoisotopic (exact) mass is 394 g/mol. The van der Waals surface area contributed by atoms with Gasteiger partial charge in [0, 0.05) is 43.5 Å². The van der Waals surface area contributed by atoms with Crippen LogP contribution >= 0.6 is 0 Å². The highest BCUT2D eigenvalue weighted by molar-refractivity contribution is 5.79. The second-order valence-electron chi connectivity index (χ2n) is 8.04. The molecule has 1 aromatic carbocycles. The molecular formula is C23H30N4O2. The number of rotatable bonds is 5. The lowest BCUT2D eigenvalue weighted by Gasteiger charge is -2.35. The van der Waals surface area contributed by atoms with E-state index in [0.29, 0.717) is 13.0 Å². The number of fused-ring (bicyclic) bond motifs is 1. The van der Waals surface area contributed by atoms with Gasteiger partial charge in [0.1, 0.15) is 5.75 Å². The van der Waals surface area contributed by atoms with Crippen molar-refractivity contribution in [1.82, 2.24) is 19.8 Å². The Kier molecular flexibility index (Phi) is 6.09. The van der Waals surface area contributed by atoms with E-state index in [1.165, 1.54) is 5.56 Å². The first-order chi connectivity index (χ1) is 14.1. The van der Waals surface area contributed by atoms with Gasteiger partial charge in [-0.25, -0.2) is 9.97 Å². The van der Waals surface area contributed by atoms with Crippen LogP contribution in [0.15, 0.2) is 30.5 Å². The number of carbonyl (C=O) groups excluding carboxylic acids is 1. The van der Waals surface area contributed by atoms with Crippen LogP contribution in [-0.4, -0.2) is 52.4 Å². The topological polar surface area (TPSA) is 58.6 Å². The summed E-state index contributed by atoms with van der Waals surface area (Å²) in [6.07, 6.45) is 6.42. The Morgan fingerprint density at radius 2 is 2.03 bits per heavy atom. The molecule has 2 aliphatic heterocycles. The van der Waals surface area contributed by atoms with E-state index in [4.69, 9.17) is 9.72 Å². The zero-order valence-corrected chi connectivity index (χ0v) is 17.4. The van der Waals surface area contributed by atoms with Crippen LogP contribution in [0.3, 0.4) is 0 Å². The summed E-state index contributed by atoms with van der Waals surface area (Å²) in [5.41, 5.74) is 3.38. The summed E-state index contributed by atoms with van der Waals surface area (Å²) in [5, 5.41) is 0. The number of piperidine rings is 1. The van der Waals surface area contributed by atoms with Gasteiger partial charge in [0.25, 0.3) is 0 Å². The average molecular weight is 395 g/mol. The third-order valence-electron chi connectivity index (χ3n) is 5.85. The van der Waals surface area contributed by atoms with E-state index in [0.717, 1.165) is 68.1 Å². The first kappa shape index (κ1) is 19.8. The smallest absolute Gasteiger partial charge is 0.227 e. The Morgan fingerprint density at radius 1 is 1.21 bits per heavy atom. The molecule has 1 saturated heterocycles. The molecule has 0 spiro atoms. The summed E-state index contributed by atoms with van der Waals surface area (Å²) in [4.78, 5) is 27.0. The van der Waals surface area contributed by atoms with Crippen molar-refractivity contribution < 1.29 is 9.53 Å². The molecule has 0 saturated carbocycles. The molecule has 6 heteroatoms. The maximum Gasteiger partial charge on any atom is 0.227 e. The van der Waals surface area contributed by atoms with E-state index in [-0.39, 0.29) is 11.9 Å². The molecular weight excluding hydrogens is 364 g/mol. The second-order valence-corrected chi connectivity index (χ2v) is 8.04. The molecule has 0 bridgehead atoms. The van der Waals surface area contributed by atoms with Crippen molar-refractivity contribution in [2.45, 2.75) is 51.6 Å².